The first-order chi connectivity index (χ1) is 9.99. The molecule has 2 atom stereocenters. The first kappa shape index (κ1) is 15.7. The molecule has 0 bridgehead atoms. The fourth-order valence-electron chi connectivity index (χ4n) is 2.58. The van der Waals surface area contributed by atoms with E-state index in [2.05, 4.69) is 50.4 Å². The monoisotopic (exact) mass is 285 g/mol. The summed E-state index contributed by atoms with van der Waals surface area (Å²) in [6.07, 6.45) is 0. The highest BCUT2D eigenvalue weighted by Gasteiger charge is 2.18. The molecule has 2 unspecified atom stereocenters. The third-order valence-electron chi connectivity index (χ3n) is 3.95. The summed E-state index contributed by atoms with van der Waals surface area (Å²) in [5, 5.41) is 3.63. The topological polar surface area (TPSA) is 12.0 Å². The lowest BCUT2D eigenvalue weighted by molar-refractivity contribution is 0.374. The quantitative estimate of drug-likeness (QED) is 0.798. The van der Waals surface area contributed by atoms with Gasteiger partial charge >= 0.3 is 0 Å². The number of halogens is 1. The van der Waals surface area contributed by atoms with Crippen LogP contribution in [0.2, 0.25) is 0 Å². The Balaban J connectivity index is 2.18. The van der Waals surface area contributed by atoms with E-state index in [4.69, 9.17) is 0 Å². The van der Waals surface area contributed by atoms with Crippen molar-refractivity contribution in [2.45, 2.75) is 39.8 Å². The van der Waals surface area contributed by atoms with Crippen LogP contribution in [0.5, 0.6) is 0 Å². The van der Waals surface area contributed by atoms with Crippen molar-refractivity contribution < 1.29 is 4.39 Å². The molecule has 0 aliphatic rings. The van der Waals surface area contributed by atoms with Gasteiger partial charge in [0.05, 0.1) is 0 Å². The molecule has 0 saturated heterocycles. The van der Waals surface area contributed by atoms with Crippen LogP contribution in [-0.4, -0.2) is 0 Å². The maximum absolute atomic E-state index is 13.7. The minimum Gasteiger partial charge on any atom is -0.303 e. The van der Waals surface area contributed by atoms with E-state index in [0.717, 1.165) is 5.56 Å². The van der Waals surface area contributed by atoms with Gasteiger partial charge in [0.25, 0.3) is 0 Å². The molecule has 0 radical (unpaired) electrons. The third-order valence-corrected chi connectivity index (χ3v) is 3.95. The number of rotatable bonds is 5. The van der Waals surface area contributed by atoms with Crippen molar-refractivity contribution in [1.82, 2.24) is 5.32 Å². The normalized spacial score (nSPS) is 14.2. The lowest BCUT2D eigenvalue weighted by Gasteiger charge is -2.27. The first-order valence-electron chi connectivity index (χ1n) is 7.56. The van der Waals surface area contributed by atoms with E-state index >= 15 is 0 Å². The number of hydrogen-bond acceptors (Lipinski definition) is 1. The summed E-state index contributed by atoms with van der Waals surface area (Å²) in [5.41, 5.74) is 2.95. The van der Waals surface area contributed by atoms with Gasteiger partial charge in [-0.3, -0.25) is 0 Å². The minimum absolute atomic E-state index is 0.104. The summed E-state index contributed by atoms with van der Waals surface area (Å²) in [6.45, 7) is 8.28. The van der Waals surface area contributed by atoms with Gasteiger partial charge in [0.1, 0.15) is 5.82 Å². The van der Waals surface area contributed by atoms with Crippen molar-refractivity contribution in [2.24, 2.45) is 5.92 Å². The molecule has 0 fully saturated rings. The predicted molar refractivity (Wildman–Crippen MR) is 86.7 cm³/mol. The Morgan fingerprint density at radius 2 is 1.57 bits per heavy atom. The second kappa shape index (κ2) is 6.86. The number of aryl methyl sites for hydroxylation is 1. The fraction of sp³-hybridized carbons (Fsp3) is 0.368. The van der Waals surface area contributed by atoms with E-state index in [9.17, 15) is 4.39 Å². The molecule has 0 heterocycles. The number of benzene rings is 2. The minimum atomic E-state index is -0.137. The average Bonchev–Trinajstić information content (AvgIpc) is 2.48. The lowest BCUT2D eigenvalue weighted by atomic mass is 9.94. The molecule has 0 aromatic heterocycles. The van der Waals surface area contributed by atoms with Gasteiger partial charge in [-0.2, -0.15) is 0 Å². The number of hydrogen-bond donors (Lipinski definition) is 1. The standard InChI is InChI=1S/C19H24FN/c1-13(2)19(16-8-6-5-7-9-16)21-15(4)17-11-10-14(3)18(20)12-17/h5-13,15,19,21H,1-4H3. The molecule has 0 aliphatic carbocycles. The van der Waals surface area contributed by atoms with Crippen molar-refractivity contribution in [3.05, 3.63) is 71.0 Å². The van der Waals surface area contributed by atoms with Crippen molar-refractivity contribution in [1.29, 1.82) is 0 Å². The van der Waals surface area contributed by atoms with Gasteiger partial charge in [-0.05, 0) is 42.5 Å². The molecule has 0 spiro atoms. The van der Waals surface area contributed by atoms with Gasteiger partial charge in [0.15, 0.2) is 0 Å². The van der Waals surface area contributed by atoms with Crippen LogP contribution in [0.15, 0.2) is 48.5 Å². The molecule has 2 aromatic carbocycles. The summed E-state index contributed by atoms with van der Waals surface area (Å²) in [7, 11) is 0. The molecule has 1 nitrogen and oxygen atoms in total. The van der Waals surface area contributed by atoms with E-state index < -0.39 is 0 Å². The van der Waals surface area contributed by atoms with E-state index in [1.165, 1.54) is 5.56 Å². The van der Waals surface area contributed by atoms with Gasteiger partial charge < -0.3 is 5.32 Å². The van der Waals surface area contributed by atoms with Crippen LogP contribution in [0, 0.1) is 18.7 Å². The van der Waals surface area contributed by atoms with Crippen LogP contribution in [0.1, 0.15) is 49.5 Å². The molecule has 21 heavy (non-hydrogen) atoms. The van der Waals surface area contributed by atoms with Gasteiger partial charge in [0.2, 0.25) is 0 Å². The zero-order chi connectivity index (χ0) is 15.4. The molecule has 2 aromatic rings. The highest BCUT2D eigenvalue weighted by Crippen LogP contribution is 2.26. The van der Waals surface area contributed by atoms with E-state index in [1.54, 1.807) is 13.0 Å². The molecule has 2 rings (SSSR count). The van der Waals surface area contributed by atoms with E-state index in [1.807, 2.05) is 18.2 Å². The second-order valence-electron chi connectivity index (χ2n) is 6.03. The Kier molecular flexibility index (Phi) is 5.13. The molecule has 0 saturated carbocycles. The van der Waals surface area contributed by atoms with E-state index in [-0.39, 0.29) is 17.9 Å². The maximum atomic E-state index is 13.7. The molecule has 1 N–H and O–H groups in total. The Labute approximate surface area is 127 Å². The van der Waals surface area contributed by atoms with Crippen molar-refractivity contribution >= 4 is 0 Å². The molecular formula is C19H24FN. The van der Waals surface area contributed by atoms with Gasteiger partial charge in [-0.25, -0.2) is 4.39 Å². The average molecular weight is 285 g/mol. The van der Waals surface area contributed by atoms with E-state index in [0.29, 0.717) is 11.5 Å². The Bertz CT molecular complexity index is 577. The van der Waals surface area contributed by atoms with Crippen molar-refractivity contribution in [3.8, 4) is 0 Å². The van der Waals surface area contributed by atoms with Crippen molar-refractivity contribution in [3.63, 3.8) is 0 Å². The highest BCUT2D eigenvalue weighted by molar-refractivity contribution is 5.26. The molecule has 112 valence electrons. The Morgan fingerprint density at radius 1 is 0.905 bits per heavy atom. The largest absolute Gasteiger partial charge is 0.303 e. The summed E-state index contributed by atoms with van der Waals surface area (Å²) in [5.74, 6) is 0.326. The van der Waals surface area contributed by atoms with Crippen molar-refractivity contribution in [2.75, 3.05) is 0 Å². The van der Waals surface area contributed by atoms with Crippen LogP contribution in [0.25, 0.3) is 0 Å². The lowest BCUT2D eigenvalue weighted by Crippen LogP contribution is -2.28. The highest BCUT2D eigenvalue weighted by atomic mass is 19.1. The fourth-order valence-corrected chi connectivity index (χ4v) is 2.58. The number of nitrogens with one attached hydrogen (secondary N) is 1. The van der Waals surface area contributed by atoms with Crippen LogP contribution >= 0.6 is 0 Å². The van der Waals surface area contributed by atoms with Crippen LogP contribution < -0.4 is 5.32 Å². The smallest absolute Gasteiger partial charge is 0.126 e. The van der Waals surface area contributed by atoms with Gasteiger partial charge in [-0.15, -0.1) is 0 Å². The molecular weight excluding hydrogens is 261 g/mol. The predicted octanol–water partition coefficient (Wildman–Crippen LogP) is 5.18. The molecule has 2 heteroatoms. The Morgan fingerprint density at radius 3 is 2.14 bits per heavy atom. The summed E-state index contributed by atoms with van der Waals surface area (Å²) in [6, 6.07) is 16.3. The van der Waals surface area contributed by atoms with Gasteiger partial charge in [0, 0.05) is 12.1 Å². The third kappa shape index (κ3) is 3.92. The van der Waals surface area contributed by atoms with Crippen LogP contribution in [0.3, 0.4) is 0 Å². The molecule has 0 aliphatic heterocycles. The second-order valence-corrected chi connectivity index (χ2v) is 6.03. The zero-order valence-electron chi connectivity index (χ0n) is 13.2. The summed E-state index contributed by atoms with van der Waals surface area (Å²) < 4.78 is 13.7. The SMILES string of the molecule is Cc1ccc(C(C)NC(c2ccccc2)C(C)C)cc1F. The van der Waals surface area contributed by atoms with Crippen LogP contribution in [-0.2, 0) is 0 Å². The first-order valence-corrected chi connectivity index (χ1v) is 7.56. The summed E-state index contributed by atoms with van der Waals surface area (Å²) >= 11 is 0. The molecule has 0 amide bonds. The Hall–Kier alpha value is -1.67. The summed E-state index contributed by atoms with van der Waals surface area (Å²) in [4.78, 5) is 0. The zero-order valence-corrected chi connectivity index (χ0v) is 13.2. The maximum Gasteiger partial charge on any atom is 0.126 e. The van der Waals surface area contributed by atoms with Crippen LogP contribution in [0.4, 0.5) is 4.39 Å². The van der Waals surface area contributed by atoms with Gasteiger partial charge in [-0.1, -0.05) is 56.3 Å².